The van der Waals surface area contributed by atoms with E-state index in [9.17, 15) is 13.2 Å². The standard InChI is InChI=1S/C23H38N2O7S/c1-4-20(3)22(24-33(27,28)21-7-5-19(2)6-8-21)23(26)25-9-11-29-13-15-31-17-18-32-16-14-30-12-10-25/h5-8,20,22,24H,4,9-18H2,1-3H3/t20-,22+/m1/s1. The Morgan fingerprint density at radius 1 is 0.909 bits per heavy atom. The molecule has 0 aliphatic carbocycles. The highest BCUT2D eigenvalue weighted by Gasteiger charge is 2.32. The summed E-state index contributed by atoms with van der Waals surface area (Å²) in [7, 11) is -3.86. The summed E-state index contributed by atoms with van der Waals surface area (Å²) in [5, 5.41) is 0. The van der Waals surface area contributed by atoms with Gasteiger partial charge in [-0.15, -0.1) is 0 Å². The van der Waals surface area contributed by atoms with Crippen LogP contribution in [-0.2, 0) is 33.8 Å². The number of hydrogen-bond donors (Lipinski definition) is 1. The predicted molar refractivity (Wildman–Crippen MR) is 125 cm³/mol. The number of aryl methyl sites for hydroxylation is 1. The molecule has 0 radical (unpaired) electrons. The van der Waals surface area contributed by atoms with Gasteiger partial charge < -0.3 is 23.8 Å². The Bertz CT molecular complexity index is 786. The maximum Gasteiger partial charge on any atom is 0.241 e. The second-order valence-corrected chi connectivity index (χ2v) is 9.79. The first-order valence-electron chi connectivity index (χ1n) is 11.5. The average Bonchev–Trinajstić information content (AvgIpc) is 2.81. The van der Waals surface area contributed by atoms with Crippen molar-refractivity contribution in [2.75, 3.05) is 65.9 Å². The molecule has 1 aromatic rings. The van der Waals surface area contributed by atoms with E-state index in [2.05, 4.69) is 4.72 Å². The first-order valence-corrected chi connectivity index (χ1v) is 13.0. The molecule has 10 heteroatoms. The van der Waals surface area contributed by atoms with Crippen molar-refractivity contribution in [1.82, 2.24) is 9.62 Å². The molecule has 1 aromatic carbocycles. The van der Waals surface area contributed by atoms with Crippen molar-refractivity contribution in [1.29, 1.82) is 0 Å². The van der Waals surface area contributed by atoms with Crippen LogP contribution in [0.25, 0.3) is 0 Å². The minimum absolute atomic E-state index is 0.137. The highest BCUT2D eigenvalue weighted by atomic mass is 32.2. The highest BCUT2D eigenvalue weighted by Crippen LogP contribution is 2.16. The second-order valence-electron chi connectivity index (χ2n) is 8.07. The first-order chi connectivity index (χ1) is 15.8. The molecule has 2 rings (SSSR count). The van der Waals surface area contributed by atoms with Gasteiger partial charge in [-0.3, -0.25) is 4.79 Å². The quantitative estimate of drug-likeness (QED) is 0.651. The first kappa shape index (κ1) is 27.7. The molecule has 1 N–H and O–H groups in total. The molecule has 0 saturated carbocycles. The lowest BCUT2D eigenvalue weighted by Crippen LogP contribution is -2.53. The molecule has 1 saturated heterocycles. The number of nitrogens with one attached hydrogen (secondary N) is 1. The Kier molecular flexibility index (Phi) is 12.3. The van der Waals surface area contributed by atoms with Gasteiger partial charge in [0, 0.05) is 13.1 Å². The summed E-state index contributed by atoms with van der Waals surface area (Å²) in [5.41, 5.74) is 0.959. The van der Waals surface area contributed by atoms with Crippen molar-refractivity contribution in [3.63, 3.8) is 0 Å². The van der Waals surface area contributed by atoms with Gasteiger partial charge in [0.2, 0.25) is 15.9 Å². The molecule has 9 nitrogen and oxygen atoms in total. The number of sulfonamides is 1. The summed E-state index contributed by atoms with van der Waals surface area (Å²) < 4.78 is 50.7. The van der Waals surface area contributed by atoms with Gasteiger partial charge in [-0.1, -0.05) is 38.0 Å². The lowest BCUT2D eigenvalue weighted by molar-refractivity contribution is -0.136. The van der Waals surface area contributed by atoms with E-state index in [1.807, 2.05) is 20.8 Å². The molecule has 0 aromatic heterocycles. The third kappa shape index (κ3) is 9.68. The van der Waals surface area contributed by atoms with Crippen LogP contribution >= 0.6 is 0 Å². The van der Waals surface area contributed by atoms with Gasteiger partial charge in [0.15, 0.2) is 0 Å². The van der Waals surface area contributed by atoms with Gasteiger partial charge in [-0.2, -0.15) is 4.72 Å². The highest BCUT2D eigenvalue weighted by molar-refractivity contribution is 7.89. The van der Waals surface area contributed by atoms with Crippen LogP contribution in [0.3, 0.4) is 0 Å². The Morgan fingerprint density at radius 3 is 1.82 bits per heavy atom. The molecule has 1 aliphatic rings. The number of carbonyl (C=O) groups excluding carboxylic acids is 1. The normalized spacial score (nSPS) is 19.8. The Balaban J connectivity index is 2.12. The number of benzene rings is 1. The lowest BCUT2D eigenvalue weighted by atomic mass is 9.99. The van der Waals surface area contributed by atoms with Gasteiger partial charge >= 0.3 is 0 Å². The van der Waals surface area contributed by atoms with E-state index in [1.165, 1.54) is 0 Å². The molecule has 1 fully saturated rings. The molecule has 1 heterocycles. The maximum atomic E-state index is 13.5. The number of carbonyl (C=O) groups is 1. The van der Waals surface area contributed by atoms with Crippen molar-refractivity contribution >= 4 is 15.9 Å². The molecule has 33 heavy (non-hydrogen) atoms. The van der Waals surface area contributed by atoms with Crippen LogP contribution in [0.2, 0.25) is 0 Å². The fraction of sp³-hybridized carbons (Fsp3) is 0.696. The van der Waals surface area contributed by atoms with Crippen LogP contribution in [-0.4, -0.2) is 91.2 Å². The summed E-state index contributed by atoms with van der Waals surface area (Å²) in [6.07, 6.45) is 0.641. The Hall–Kier alpha value is -1.56. The zero-order chi connectivity index (χ0) is 24.1. The molecule has 1 amide bonds. The molecule has 1 aliphatic heterocycles. The lowest BCUT2D eigenvalue weighted by Gasteiger charge is -2.30. The second kappa shape index (κ2) is 14.6. The average molecular weight is 487 g/mol. The largest absolute Gasteiger partial charge is 0.377 e. The fourth-order valence-electron chi connectivity index (χ4n) is 3.24. The van der Waals surface area contributed by atoms with E-state index in [-0.39, 0.29) is 16.7 Å². The molecule has 0 bridgehead atoms. The van der Waals surface area contributed by atoms with Crippen LogP contribution in [0.15, 0.2) is 29.2 Å². The minimum atomic E-state index is -3.86. The third-order valence-electron chi connectivity index (χ3n) is 5.53. The van der Waals surface area contributed by atoms with Crippen LogP contribution < -0.4 is 4.72 Å². The van der Waals surface area contributed by atoms with Crippen LogP contribution in [0.1, 0.15) is 25.8 Å². The van der Waals surface area contributed by atoms with Gasteiger partial charge in [0.1, 0.15) is 6.04 Å². The number of nitrogens with zero attached hydrogens (tertiary/aromatic N) is 1. The van der Waals surface area contributed by atoms with Crippen molar-refractivity contribution in [2.24, 2.45) is 5.92 Å². The Morgan fingerprint density at radius 2 is 1.36 bits per heavy atom. The number of amides is 1. The monoisotopic (exact) mass is 486 g/mol. The number of hydrogen-bond acceptors (Lipinski definition) is 7. The zero-order valence-electron chi connectivity index (χ0n) is 20.0. The van der Waals surface area contributed by atoms with Gasteiger partial charge in [0.05, 0.1) is 57.8 Å². The van der Waals surface area contributed by atoms with E-state index in [0.29, 0.717) is 72.4 Å². The number of ether oxygens (including phenoxy) is 4. The van der Waals surface area contributed by atoms with Crippen molar-refractivity contribution in [3.8, 4) is 0 Å². The van der Waals surface area contributed by atoms with Gasteiger partial charge in [0.25, 0.3) is 0 Å². The topological polar surface area (TPSA) is 103 Å². The van der Waals surface area contributed by atoms with Gasteiger partial charge in [-0.25, -0.2) is 8.42 Å². The minimum Gasteiger partial charge on any atom is -0.377 e. The molecular weight excluding hydrogens is 448 g/mol. The third-order valence-corrected chi connectivity index (χ3v) is 6.99. The smallest absolute Gasteiger partial charge is 0.241 e. The molecule has 0 unspecified atom stereocenters. The van der Waals surface area contributed by atoms with Crippen molar-refractivity contribution < 1.29 is 32.2 Å². The summed E-state index contributed by atoms with van der Waals surface area (Å²) in [6, 6.07) is 5.67. The molecule has 2 atom stereocenters. The number of rotatable bonds is 6. The fourth-order valence-corrected chi connectivity index (χ4v) is 4.54. The van der Waals surface area contributed by atoms with Gasteiger partial charge in [-0.05, 0) is 25.0 Å². The van der Waals surface area contributed by atoms with Crippen LogP contribution in [0, 0.1) is 12.8 Å². The van der Waals surface area contributed by atoms with E-state index in [0.717, 1.165) is 5.56 Å². The summed E-state index contributed by atoms with van der Waals surface area (Å²) in [6.45, 7) is 9.69. The van der Waals surface area contributed by atoms with E-state index < -0.39 is 16.1 Å². The SMILES string of the molecule is CC[C@@H](C)[C@H](NS(=O)(=O)c1ccc(C)cc1)C(=O)N1CCOCCOCCOCCOCC1. The maximum absolute atomic E-state index is 13.5. The summed E-state index contributed by atoms with van der Waals surface area (Å²) in [5.74, 6) is -0.484. The molecular formula is C23H38N2O7S. The van der Waals surface area contributed by atoms with E-state index >= 15 is 0 Å². The Labute approximate surface area is 197 Å². The van der Waals surface area contributed by atoms with E-state index in [4.69, 9.17) is 18.9 Å². The summed E-state index contributed by atoms with van der Waals surface area (Å²) in [4.78, 5) is 15.2. The van der Waals surface area contributed by atoms with Crippen molar-refractivity contribution in [2.45, 2.75) is 38.1 Å². The molecule has 188 valence electrons. The van der Waals surface area contributed by atoms with Crippen LogP contribution in [0.4, 0.5) is 0 Å². The van der Waals surface area contributed by atoms with Crippen LogP contribution in [0.5, 0.6) is 0 Å². The zero-order valence-corrected chi connectivity index (χ0v) is 20.8. The summed E-state index contributed by atoms with van der Waals surface area (Å²) >= 11 is 0. The molecule has 0 spiro atoms. The van der Waals surface area contributed by atoms with E-state index in [1.54, 1.807) is 29.2 Å². The van der Waals surface area contributed by atoms with Crippen molar-refractivity contribution in [3.05, 3.63) is 29.8 Å². The predicted octanol–water partition coefficient (Wildman–Crippen LogP) is 1.60.